The topological polar surface area (TPSA) is 55.8 Å². The van der Waals surface area contributed by atoms with Gasteiger partial charge >= 0.3 is 5.97 Å². The highest BCUT2D eigenvalue weighted by atomic mass is 28.4. The van der Waals surface area contributed by atoms with Crippen molar-refractivity contribution in [3.63, 3.8) is 0 Å². The molecule has 0 spiro atoms. The predicted molar refractivity (Wildman–Crippen MR) is 178 cm³/mol. The van der Waals surface area contributed by atoms with E-state index >= 15 is 0 Å². The molecular weight excluding hydrogens is 550 g/mol. The lowest BCUT2D eigenvalue weighted by atomic mass is 9.97. The molecular formula is C37H49NO4Si. The van der Waals surface area contributed by atoms with Gasteiger partial charge in [-0.3, -0.25) is 4.79 Å². The van der Waals surface area contributed by atoms with Crippen molar-refractivity contribution in [2.24, 2.45) is 0 Å². The van der Waals surface area contributed by atoms with Crippen LogP contribution in [0.25, 0.3) is 11.1 Å². The molecule has 230 valence electrons. The number of hydrogen-bond donors (Lipinski definition) is 0. The van der Waals surface area contributed by atoms with Gasteiger partial charge in [0.25, 0.3) is 0 Å². The number of amides is 1. The molecule has 0 saturated carbocycles. The predicted octanol–water partition coefficient (Wildman–Crippen LogP) is 8.48. The molecule has 1 amide bonds. The van der Waals surface area contributed by atoms with E-state index in [0.29, 0.717) is 12.0 Å². The number of carbonyl (C=O) groups excluding carboxylic acids is 2. The van der Waals surface area contributed by atoms with Crippen LogP contribution in [0.2, 0.25) is 18.1 Å². The molecule has 43 heavy (non-hydrogen) atoms. The Hall–Kier alpha value is -3.22. The van der Waals surface area contributed by atoms with Gasteiger partial charge < -0.3 is 14.1 Å². The third kappa shape index (κ3) is 8.90. The van der Waals surface area contributed by atoms with Crippen molar-refractivity contribution < 1.29 is 18.8 Å². The summed E-state index contributed by atoms with van der Waals surface area (Å²) < 4.78 is 11.8. The zero-order chi connectivity index (χ0) is 31.0. The van der Waals surface area contributed by atoms with Crippen LogP contribution in [0.15, 0.2) is 78.9 Å². The van der Waals surface area contributed by atoms with Gasteiger partial charge in [0, 0.05) is 25.1 Å². The van der Waals surface area contributed by atoms with E-state index < -0.39 is 8.32 Å². The molecule has 1 saturated heterocycles. The molecule has 0 bridgehead atoms. The average Bonchev–Trinajstić information content (AvgIpc) is 3.34. The average molecular weight is 600 g/mol. The molecule has 6 heteroatoms. The molecule has 1 fully saturated rings. The van der Waals surface area contributed by atoms with Crippen LogP contribution in [-0.2, 0) is 26.8 Å². The second-order valence-corrected chi connectivity index (χ2v) is 18.2. The van der Waals surface area contributed by atoms with Gasteiger partial charge in [0.05, 0.1) is 12.7 Å². The Labute approximate surface area is 259 Å². The number of nitrogens with zero attached hydrogens (tertiary/aromatic N) is 1. The maximum Gasteiger partial charge on any atom is 0.337 e. The van der Waals surface area contributed by atoms with Gasteiger partial charge in [0.2, 0.25) is 5.91 Å². The fourth-order valence-corrected chi connectivity index (χ4v) is 7.11. The van der Waals surface area contributed by atoms with E-state index in [1.54, 1.807) is 0 Å². The SMILES string of the molecule is COC(=O)c1ccc(CCCN2C(=O)CCC2CCC(Cc2cccc(-c3ccccc3)c2)O[Si](C)(C)C(C)(C)C)cc1. The maximum absolute atomic E-state index is 12.9. The van der Waals surface area contributed by atoms with Gasteiger partial charge in [-0.25, -0.2) is 4.79 Å². The normalized spacial score (nSPS) is 16.4. The van der Waals surface area contributed by atoms with Crippen molar-refractivity contribution in [3.05, 3.63) is 95.6 Å². The number of carbonyl (C=O) groups is 2. The van der Waals surface area contributed by atoms with Crippen molar-refractivity contribution in [2.45, 2.75) is 96.0 Å². The number of aryl methyl sites for hydroxylation is 1. The van der Waals surface area contributed by atoms with Gasteiger partial charge in [0.1, 0.15) is 0 Å². The number of likely N-dealkylation sites (tertiary alicyclic amines) is 1. The lowest BCUT2D eigenvalue weighted by Crippen LogP contribution is -2.45. The van der Waals surface area contributed by atoms with Crippen LogP contribution < -0.4 is 0 Å². The van der Waals surface area contributed by atoms with E-state index in [1.165, 1.54) is 23.8 Å². The molecule has 0 radical (unpaired) electrons. The van der Waals surface area contributed by atoms with Crippen LogP contribution in [0.1, 0.15) is 74.4 Å². The number of benzene rings is 3. The highest BCUT2D eigenvalue weighted by Crippen LogP contribution is 2.38. The molecule has 0 N–H and O–H groups in total. The van der Waals surface area contributed by atoms with Crippen molar-refractivity contribution in [3.8, 4) is 11.1 Å². The smallest absolute Gasteiger partial charge is 0.337 e. The van der Waals surface area contributed by atoms with Crippen LogP contribution in [-0.4, -0.2) is 50.9 Å². The zero-order valence-corrected chi connectivity index (χ0v) is 27.9. The molecule has 2 unspecified atom stereocenters. The standard InChI is InChI=1S/C37H49NO4Si/c1-37(2,3)43(5,6)42-34(27-29-12-10-16-32(26-29)30-14-8-7-9-15-30)23-21-33-22-24-35(39)38(33)25-11-13-28-17-19-31(20-18-28)36(40)41-4/h7-10,12,14-20,26,33-34H,11,13,21-25,27H2,1-6H3. The van der Waals surface area contributed by atoms with Crippen molar-refractivity contribution in [1.82, 2.24) is 4.90 Å². The minimum atomic E-state index is -1.99. The van der Waals surface area contributed by atoms with E-state index in [2.05, 4.69) is 93.4 Å². The fraction of sp³-hybridized carbons (Fsp3) is 0.459. The third-order valence-electron chi connectivity index (χ3n) is 9.28. The minimum absolute atomic E-state index is 0.109. The van der Waals surface area contributed by atoms with Crippen LogP contribution >= 0.6 is 0 Å². The van der Waals surface area contributed by atoms with Crippen LogP contribution in [0, 0.1) is 0 Å². The number of rotatable bonds is 13. The molecule has 1 aliphatic rings. The molecule has 0 aliphatic carbocycles. The lowest BCUT2D eigenvalue weighted by Gasteiger charge is -2.40. The van der Waals surface area contributed by atoms with E-state index in [1.807, 2.05) is 24.3 Å². The van der Waals surface area contributed by atoms with Crippen LogP contribution in [0.5, 0.6) is 0 Å². The molecule has 1 aliphatic heterocycles. The summed E-state index contributed by atoms with van der Waals surface area (Å²) in [6.45, 7) is 12.3. The second kappa shape index (κ2) is 14.5. The number of ether oxygens (including phenoxy) is 1. The monoisotopic (exact) mass is 599 g/mol. The first kappa shape index (κ1) is 32.7. The van der Waals surface area contributed by atoms with E-state index in [-0.39, 0.29) is 29.1 Å². The van der Waals surface area contributed by atoms with E-state index in [4.69, 9.17) is 9.16 Å². The summed E-state index contributed by atoms with van der Waals surface area (Å²) >= 11 is 0. The summed E-state index contributed by atoms with van der Waals surface area (Å²) in [4.78, 5) is 26.7. The highest BCUT2D eigenvalue weighted by molar-refractivity contribution is 6.74. The van der Waals surface area contributed by atoms with Crippen molar-refractivity contribution >= 4 is 20.2 Å². The lowest BCUT2D eigenvalue weighted by molar-refractivity contribution is -0.129. The number of hydrogen-bond acceptors (Lipinski definition) is 4. The van der Waals surface area contributed by atoms with E-state index in [0.717, 1.165) is 50.6 Å². The van der Waals surface area contributed by atoms with Crippen molar-refractivity contribution in [1.29, 1.82) is 0 Å². The van der Waals surface area contributed by atoms with Gasteiger partial charge in [-0.15, -0.1) is 0 Å². The van der Waals surface area contributed by atoms with Gasteiger partial charge in [-0.1, -0.05) is 87.5 Å². The molecule has 5 nitrogen and oxygen atoms in total. The van der Waals surface area contributed by atoms with Gasteiger partial charge in [0.15, 0.2) is 8.32 Å². The Kier molecular flexibility index (Phi) is 11.0. The minimum Gasteiger partial charge on any atom is -0.465 e. The largest absolute Gasteiger partial charge is 0.465 e. The Morgan fingerprint density at radius 3 is 2.33 bits per heavy atom. The highest BCUT2D eigenvalue weighted by Gasteiger charge is 2.39. The zero-order valence-electron chi connectivity index (χ0n) is 26.9. The molecule has 2 atom stereocenters. The molecule has 1 heterocycles. The molecule has 0 aromatic heterocycles. The Bertz CT molecular complexity index is 1350. The van der Waals surface area contributed by atoms with Crippen LogP contribution in [0.3, 0.4) is 0 Å². The van der Waals surface area contributed by atoms with Crippen molar-refractivity contribution in [2.75, 3.05) is 13.7 Å². The Morgan fingerprint density at radius 1 is 0.953 bits per heavy atom. The summed E-state index contributed by atoms with van der Waals surface area (Å²) in [5.41, 5.74) is 5.48. The maximum atomic E-state index is 12.9. The third-order valence-corrected chi connectivity index (χ3v) is 13.8. The van der Waals surface area contributed by atoms with Gasteiger partial charge in [-0.2, -0.15) is 0 Å². The summed E-state index contributed by atoms with van der Waals surface area (Å²) in [5.74, 6) is -0.0553. The Balaban J connectivity index is 1.40. The first-order valence-electron chi connectivity index (χ1n) is 15.8. The fourth-order valence-electron chi connectivity index (χ4n) is 5.73. The summed E-state index contributed by atoms with van der Waals surface area (Å²) in [5, 5.41) is 0.127. The molecule has 3 aromatic rings. The summed E-state index contributed by atoms with van der Waals surface area (Å²) in [6, 6.07) is 27.2. The van der Waals surface area contributed by atoms with E-state index in [9.17, 15) is 9.59 Å². The number of methoxy groups -OCH3 is 1. The quantitative estimate of drug-likeness (QED) is 0.146. The molecule has 4 rings (SSSR count). The summed E-state index contributed by atoms with van der Waals surface area (Å²) in [6.07, 6.45) is 6.19. The Morgan fingerprint density at radius 2 is 1.65 bits per heavy atom. The second-order valence-electron chi connectivity index (χ2n) is 13.4. The summed E-state index contributed by atoms with van der Waals surface area (Å²) in [7, 11) is -0.595. The first-order valence-corrected chi connectivity index (χ1v) is 18.7. The molecule has 3 aromatic carbocycles. The van der Waals surface area contributed by atoms with Crippen LogP contribution in [0.4, 0.5) is 0 Å². The van der Waals surface area contributed by atoms with Gasteiger partial charge in [-0.05, 0) is 91.0 Å². The number of esters is 1. The first-order chi connectivity index (χ1) is 20.5.